The van der Waals surface area contributed by atoms with E-state index in [0.717, 1.165) is 0 Å². The summed E-state index contributed by atoms with van der Waals surface area (Å²) in [6.45, 7) is 0. The third-order valence-electron chi connectivity index (χ3n) is 1.26. The highest BCUT2D eigenvalue weighted by atomic mass is 35.5. The zero-order valence-electron chi connectivity index (χ0n) is 5.40. The number of nitrogens with zero attached hydrogens (tertiary/aromatic N) is 4. The van der Waals surface area contributed by atoms with E-state index in [1.54, 1.807) is 6.20 Å². The van der Waals surface area contributed by atoms with Crippen LogP contribution in [-0.4, -0.2) is 19.9 Å². The lowest BCUT2D eigenvalue weighted by atomic mass is 10.4. The van der Waals surface area contributed by atoms with E-state index in [9.17, 15) is 0 Å². The second kappa shape index (κ2) is 2.39. The van der Waals surface area contributed by atoms with E-state index in [1.165, 1.54) is 12.7 Å². The fourth-order valence-corrected chi connectivity index (χ4v) is 0.952. The van der Waals surface area contributed by atoms with Gasteiger partial charge in [-0.3, -0.25) is 0 Å². The van der Waals surface area contributed by atoms with E-state index in [1.807, 2.05) is 0 Å². The zero-order chi connectivity index (χ0) is 7.68. The predicted octanol–water partition coefficient (Wildman–Crippen LogP) is 1.07. The van der Waals surface area contributed by atoms with Crippen LogP contribution in [0, 0.1) is 0 Å². The third kappa shape index (κ3) is 1.01. The maximum absolute atomic E-state index is 5.73. The minimum Gasteiger partial charge on any atom is -0.244 e. The van der Waals surface area contributed by atoms with Gasteiger partial charge in [-0.2, -0.15) is 0 Å². The fourth-order valence-electron chi connectivity index (χ4n) is 0.775. The summed E-state index contributed by atoms with van der Waals surface area (Å²) >= 11 is 5.73. The van der Waals surface area contributed by atoms with Crippen LogP contribution < -0.4 is 0 Å². The van der Waals surface area contributed by atoms with Gasteiger partial charge in [0.2, 0.25) is 0 Å². The van der Waals surface area contributed by atoms with Crippen molar-refractivity contribution in [2.24, 2.45) is 0 Å². The van der Waals surface area contributed by atoms with Gasteiger partial charge in [0.05, 0.1) is 5.39 Å². The summed E-state index contributed by atoms with van der Waals surface area (Å²) in [5, 5.41) is 1.06. The normalized spacial score (nSPS) is 10.3. The molecule has 2 rings (SSSR count). The van der Waals surface area contributed by atoms with Crippen LogP contribution in [0.25, 0.3) is 11.0 Å². The van der Waals surface area contributed by atoms with Crippen molar-refractivity contribution in [3.05, 3.63) is 24.0 Å². The van der Waals surface area contributed by atoms with E-state index in [0.29, 0.717) is 16.2 Å². The maximum Gasteiger partial charge on any atom is 0.167 e. The molecule has 0 aliphatic heterocycles. The van der Waals surface area contributed by atoms with Crippen molar-refractivity contribution >= 4 is 22.6 Å². The van der Waals surface area contributed by atoms with Gasteiger partial charge in [0, 0.05) is 6.20 Å². The summed E-state index contributed by atoms with van der Waals surface area (Å²) in [6, 6.07) is 0. The first-order valence-electron chi connectivity index (χ1n) is 2.94. The SMILES string of the molecule is Clc1ncnc2ncncc12. The molecule has 0 radical (unpaired) electrons. The highest BCUT2D eigenvalue weighted by molar-refractivity contribution is 6.33. The summed E-state index contributed by atoms with van der Waals surface area (Å²) in [5.74, 6) is 0. The Hall–Kier alpha value is -1.29. The van der Waals surface area contributed by atoms with Crippen LogP contribution in [0.3, 0.4) is 0 Å². The summed E-state index contributed by atoms with van der Waals surface area (Å²) in [6.07, 6.45) is 4.38. The van der Waals surface area contributed by atoms with Crippen molar-refractivity contribution in [1.82, 2.24) is 19.9 Å². The minimum absolute atomic E-state index is 0.385. The quantitative estimate of drug-likeness (QED) is 0.550. The molecule has 0 aliphatic rings. The number of aromatic nitrogens is 4. The van der Waals surface area contributed by atoms with Crippen LogP contribution in [0.15, 0.2) is 18.9 Å². The third-order valence-corrected chi connectivity index (χ3v) is 1.57. The van der Waals surface area contributed by atoms with Gasteiger partial charge in [-0.25, -0.2) is 19.9 Å². The van der Waals surface area contributed by atoms with Crippen LogP contribution in [-0.2, 0) is 0 Å². The average Bonchev–Trinajstić information content (AvgIpc) is 2.06. The molecule has 0 aromatic carbocycles. The predicted molar refractivity (Wildman–Crippen MR) is 40.1 cm³/mol. The minimum atomic E-state index is 0.385. The van der Waals surface area contributed by atoms with Gasteiger partial charge in [0.15, 0.2) is 5.65 Å². The molecular weight excluding hydrogens is 164 g/mol. The van der Waals surface area contributed by atoms with Crippen LogP contribution in [0.4, 0.5) is 0 Å². The molecule has 2 heterocycles. The lowest BCUT2D eigenvalue weighted by Gasteiger charge is -1.93. The topological polar surface area (TPSA) is 51.6 Å². The maximum atomic E-state index is 5.73. The summed E-state index contributed by atoms with van der Waals surface area (Å²) < 4.78 is 0. The highest BCUT2D eigenvalue weighted by Gasteiger charge is 1.99. The van der Waals surface area contributed by atoms with Crippen molar-refractivity contribution in [2.75, 3.05) is 0 Å². The van der Waals surface area contributed by atoms with Crippen molar-refractivity contribution in [2.45, 2.75) is 0 Å². The van der Waals surface area contributed by atoms with Gasteiger partial charge < -0.3 is 0 Å². The first-order valence-corrected chi connectivity index (χ1v) is 3.32. The fraction of sp³-hybridized carbons (Fsp3) is 0. The Balaban J connectivity index is 2.91. The molecule has 0 unspecified atom stereocenters. The number of halogens is 1. The van der Waals surface area contributed by atoms with Crippen LogP contribution in [0.1, 0.15) is 0 Å². The molecule has 4 nitrogen and oxygen atoms in total. The Kier molecular flexibility index (Phi) is 1.40. The Morgan fingerprint density at radius 2 is 1.91 bits per heavy atom. The molecule has 0 saturated heterocycles. The lowest BCUT2D eigenvalue weighted by Crippen LogP contribution is -1.87. The molecule has 0 atom stereocenters. The molecule has 0 N–H and O–H groups in total. The molecule has 5 heteroatoms. The Bertz CT molecular complexity index is 384. The van der Waals surface area contributed by atoms with E-state index >= 15 is 0 Å². The zero-order valence-corrected chi connectivity index (χ0v) is 6.15. The summed E-state index contributed by atoms with van der Waals surface area (Å²) in [4.78, 5) is 15.4. The molecule has 2 aromatic heterocycles. The molecule has 0 spiro atoms. The molecule has 0 bridgehead atoms. The molecule has 11 heavy (non-hydrogen) atoms. The van der Waals surface area contributed by atoms with E-state index in [-0.39, 0.29) is 0 Å². The number of hydrogen-bond acceptors (Lipinski definition) is 4. The molecule has 0 amide bonds. The number of rotatable bonds is 0. The van der Waals surface area contributed by atoms with Gasteiger partial charge in [-0.05, 0) is 0 Å². The van der Waals surface area contributed by atoms with Crippen LogP contribution >= 0.6 is 11.6 Å². The first-order chi connectivity index (χ1) is 5.38. The average molecular weight is 167 g/mol. The summed E-state index contributed by atoms with van der Waals surface area (Å²) in [7, 11) is 0. The monoisotopic (exact) mass is 166 g/mol. The van der Waals surface area contributed by atoms with Crippen molar-refractivity contribution in [1.29, 1.82) is 0 Å². The second-order valence-corrected chi connectivity index (χ2v) is 2.28. The van der Waals surface area contributed by atoms with E-state index in [4.69, 9.17) is 11.6 Å². The molecule has 2 aromatic rings. The molecule has 0 fully saturated rings. The summed E-state index contributed by atoms with van der Waals surface area (Å²) in [5.41, 5.74) is 0.569. The van der Waals surface area contributed by atoms with Crippen LogP contribution in [0.2, 0.25) is 5.15 Å². The van der Waals surface area contributed by atoms with Crippen LogP contribution in [0.5, 0.6) is 0 Å². The van der Waals surface area contributed by atoms with Crippen molar-refractivity contribution in [3.8, 4) is 0 Å². The molecule has 0 aliphatic carbocycles. The molecule has 54 valence electrons. The Morgan fingerprint density at radius 1 is 1.09 bits per heavy atom. The highest BCUT2D eigenvalue weighted by Crippen LogP contribution is 2.14. The van der Waals surface area contributed by atoms with Gasteiger partial charge in [0.1, 0.15) is 17.8 Å². The smallest absolute Gasteiger partial charge is 0.167 e. The van der Waals surface area contributed by atoms with Gasteiger partial charge in [-0.15, -0.1) is 0 Å². The van der Waals surface area contributed by atoms with E-state index < -0.39 is 0 Å². The van der Waals surface area contributed by atoms with Gasteiger partial charge in [-0.1, -0.05) is 11.6 Å². The van der Waals surface area contributed by atoms with Crippen molar-refractivity contribution < 1.29 is 0 Å². The lowest BCUT2D eigenvalue weighted by molar-refractivity contribution is 1.13. The van der Waals surface area contributed by atoms with Gasteiger partial charge >= 0.3 is 0 Å². The number of fused-ring (bicyclic) bond motifs is 1. The van der Waals surface area contributed by atoms with Crippen molar-refractivity contribution in [3.63, 3.8) is 0 Å². The standard InChI is InChI=1S/C6H3ClN4/c7-5-4-1-8-2-10-6(4)11-3-9-5/h1-3H. The molecule has 0 saturated carbocycles. The second-order valence-electron chi connectivity index (χ2n) is 1.92. The largest absolute Gasteiger partial charge is 0.244 e. The van der Waals surface area contributed by atoms with Gasteiger partial charge in [0.25, 0.3) is 0 Å². The Labute approximate surface area is 67.3 Å². The Morgan fingerprint density at radius 3 is 2.73 bits per heavy atom. The number of hydrogen-bond donors (Lipinski definition) is 0. The first kappa shape index (κ1) is 6.42. The molecular formula is C6H3ClN4. The van der Waals surface area contributed by atoms with E-state index in [2.05, 4.69) is 19.9 Å².